The zero-order valence-corrected chi connectivity index (χ0v) is 21.7. The van der Waals surface area contributed by atoms with Gasteiger partial charge < -0.3 is 20.7 Å². The number of morpholine rings is 1. The summed E-state index contributed by atoms with van der Waals surface area (Å²) in [7, 11) is 0. The van der Waals surface area contributed by atoms with Gasteiger partial charge in [-0.3, -0.25) is 4.68 Å². The van der Waals surface area contributed by atoms with Gasteiger partial charge in [-0.25, -0.2) is 14.5 Å². The molecule has 2 aliphatic rings. The van der Waals surface area contributed by atoms with Gasteiger partial charge in [0.25, 0.3) is 0 Å². The van der Waals surface area contributed by atoms with Crippen molar-refractivity contribution in [2.45, 2.75) is 44.9 Å². The van der Waals surface area contributed by atoms with Crippen molar-refractivity contribution >= 4 is 22.8 Å². The van der Waals surface area contributed by atoms with Crippen molar-refractivity contribution in [2.24, 2.45) is 0 Å². The van der Waals surface area contributed by atoms with Crippen LogP contribution in [0.5, 0.6) is 0 Å². The molecule has 0 bridgehead atoms. The molecule has 4 aromatic rings. The lowest BCUT2D eigenvalue weighted by molar-refractivity contribution is -0.144. The molecule has 6 rings (SSSR count). The van der Waals surface area contributed by atoms with Crippen LogP contribution in [0.25, 0.3) is 28.2 Å². The summed E-state index contributed by atoms with van der Waals surface area (Å²) in [6.07, 6.45) is -3.51. The molecule has 1 atom stereocenters. The molecule has 5 heterocycles. The summed E-state index contributed by atoms with van der Waals surface area (Å²) >= 11 is 0. The van der Waals surface area contributed by atoms with E-state index in [9.17, 15) is 13.2 Å². The monoisotopic (exact) mass is 541 g/mol. The molecule has 206 valence electrons. The standard InChI is InChI=1S/C26H30F3N9O/c1-15-14-39-12-11-36(15)21-13-19(33-25(34-21)37-20-6-4-3-5-18(20)32-24(37)30)22-16(2)35-38(23(22)26(27,28)29)17-7-9-31-10-8-17/h3-6,13,15,17,31H,7-12,14H2,1-2H3,(H2,30,32)/t15-/m1/s1. The maximum atomic E-state index is 14.7. The zero-order chi connectivity index (χ0) is 27.3. The molecule has 2 saturated heterocycles. The summed E-state index contributed by atoms with van der Waals surface area (Å²) in [6.45, 7) is 6.36. The predicted molar refractivity (Wildman–Crippen MR) is 141 cm³/mol. The van der Waals surface area contributed by atoms with E-state index < -0.39 is 11.9 Å². The van der Waals surface area contributed by atoms with Crippen LogP contribution < -0.4 is 16.0 Å². The Morgan fingerprint density at radius 3 is 2.62 bits per heavy atom. The van der Waals surface area contributed by atoms with Crippen LogP contribution >= 0.6 is 0 Å². The Kier molecular flexibility index (Phi) is 6.42. The number of rotatable bonds is 4. The fraction of sp³-hybridized carbons (Fsp3) is 0.462. The molecule has 0 amide bonds. The first-order valence-corrected chi connectivity index (χ1v) is 13.1. The number of fused-ring (bicyclic) bond motifs is 1. The number of ether oxygens (including phenoxy) is 1. The first kappa shape index (κ1) is 25.6. The Balaban J connectivity index is 1.59. The first-order valence-electron chi connectivity index (χ1n) is 13.1. The summed E-state index contributed by atoms with van der Waals surface area (Å²) in [6, 6.07) is 8.54. The number of hydrogen-bond acceptors (Lipinski definition) is 8. The van der Waals surface area contributed by atoms with Crippen LogP contribution in [0, 0.1) is 6.92 Å². The lowest BCUT2D eigenvalue weighted by atomic mass is 10.0. The van der Waals surface area contributed by atoms with E-state index >= 15 is 0 Å². The van der Waals surface area contributed by atoms with Crippen molar-refractivity contribution < 1.29 is 17.9 Å². The van der Waals surface area contributed by atoms with E-state index in [4.69, 9.17) is 15.5 Å². The van der Waals surface area contributed by atoms with Crippen molar-refractivity contribution in [3.63, 3.8) is 0 Å². The Morgan fingerprint density at radius 1 is 1.10 bits per heavy atom. The number of aromatic nitrogens is 6. The van der Waals surface area contributed by atoms with E-state index in [2.05, 4.69) is 20.4 Å². The van der Waals surface area contributed by atoms with Crippen molar-refractivity contribution in [2.75, 3.05) is 43.5 Å². The second-order valence-electron chi connectivity index (χ2n) is 10.1. The van der Waals surface area contributed by atoms with Gasteiger partial charge in [-0.15, -0.1) is 0 Å². The van der Waals surface area contributed by atoms with E-state index in [1.54, 1.807) is 17.6 Å². The summed E-state index contributed by atoms with van der Waals surface area (Å²) in [5.41, 5.74) is 7.15. The fourth-order valence-electron chi connectivity index (χ4n) is 5.56. The fourth-order valence-corrected chi connectivity index (χ4v) is 5.56. The number of anilines is 2. The number of alkyl halides is 3. The van der Waals surface area contributed by atoms with E-state index in [0.717, 1.165) is 4.68 Å². The number of hydrogen-bond donors (Lipinski definition) is 2. The highest BCUT2D eigenvalue weighted by molar-refractivity contribution is 5.80. The second kappa shape index (κ2) is 9.79. The largest absolute Gasteiger partial charge is 0.433 e. The minimum atomic E-state index is -4.64. The Morgan fingerprint density at radius 2 is 1.87 bits per heavy atom. The minimum absolute atomic E-state index is 0.0353. The lowest BCUT2D eigenvalue weighted by Gasteiger charge is -2.34. The highest BCUT2D eigenvalue weighted by atomic mass is 19.4. The van der Waals surface area contributed by atoms with Crippen LogP contribution in [0.1, 0.15) is 37.2 Å². The molecule has 3 N–H and O–H groups in total. The summed E-state index contributed by atoms with van der Waals surface area (Å²) < 4.78 is 52.6. The van der Waals surface area contributed by atoms with Crippen molar-refractivity contribution in [3.8, 4) is 17.2 Å². The SMILES string of the molecule is Cc1nn(C2CCNCC2)c(C(F)(F)F)c1-c1cc(N2CCOC[C@H]2C)nc(-n2c(N)nc3ccccc32)n1. The van der Waals surface area contributed by atoms with Gasteiger partial charge in [-0.2, -0.15) is 23.3 Å². The van der Waals surface area contributed by atoms with Crippen LogP contribution in [0.2, 0.25) is 0 Å². The van der Waals surface area contributed by atoms with Gasteiger partial charge in [-0.1, -0.05) is 12.1 Å². The maximum absolute atomic E-state index is 14.7. The third-order valence-electron chi connectivity index (χ3n) is 7.41. The van der Waals surface area contributed by atoms with Gasteiger partial charge in [0.05, 0.1) is 53.3 Å². The highest BCUT2D eigenvalue weighted by Crippen LogP contribution is 2.42. The number of nitrogens with one attached hydrogen (secondary N) is 1. The van der Waals surface area contributed by atoms with Crippen LogP contribution in [-0.4, -0.2) is 68.2 Å². The molecule has 10 nitrogen and oxygen atoms in total. The van der Waals surface area contributed by atoms with Gasteiger partial charge in [0, 0.05) is 12.6 Å². The van der Waals surface area contributed by atoms with Crippen molar-refractivity contribution in [3.05, 3.63) is 41.7 Å². The molecule has 3 aromatic heterocycles. The van der Waals surface area contributed by atoms with E-state index in [-0.39, 0.29) is 40.9 Å². The van der Waals surface area contributed by atoms with E-state index in [0.29, 0.717) is 62.5 Å². The third-order valence-corrected chi connectivity index (χ3v) is 7.41. The quantitative estimate of drug-likeness (QED) is 0.402. The average molecular weight is 542 g/mol. The zero-order valence-electron chi connectivity index (χ0n) is 21.7. The molecule has 0 saturated carbocycles. The Bertz CT molecular complexity index is 1510. The molecule has 1 aromatic carbocycles. The number of nitrogen functional groups attached to an aromatic ring is 1. The molecule has 0 aliphatic carbocycles. The second-order valence-corrected chi connectivity index (χ2v) is 10.1. The van der Waals surface area contributed by atoms with Gasteiger partial charge >= 0.3 is 6.18 Å². The van der Waals surface area contributed by atoms with E-state index in [1.807, 2.05) is 36.1 Å². The average Bonchev–Trinajstić information content (AvgIpc) is 3.45. The number of nitrogens with two attached hydrogens (primary N) is 1. The van der Waals surface area contributed by atoms with Crippen LogP contribution in [0.15, 0.2) is 30.3 Å². The van der Waals surface area contributed by atoms with Gasteiger partial charge in [0.15, 0.2) is 5.69 Å². The number of nitrogens with zero attached hydrogens (tertiary/aromatic N) is 7. The topological polar surface area (TPSA) is 112 Å². The molecule has 2 fully saturated rings. The van der Waals surface area contributed by atoms with Crippen LogP contribution in [0.4, 0.5) is 24.9 Å². The van der Waals surface area contributed by atoms with Gasteiger partial charge in [0.2, 0.25) is 11.9 Å². The smallest absolute Gasteiger partial charge is 0.377 e. The molecular weight excluding hydrogens is 511 g/mol. The number of para-hydroxylation sites is 2. The minimum Gasteiger partial charge on any atom is -0.377 e. The predicted octanol–water partition coefficient (Wildman–Crippen LogP) is 3.74. The third kappa shape index (κ3) is 4.59. The molecule has 0 spiro atoms. The van der Waals surface area contributed by atoms with E-state index in [1.165, 1.54) is 0 Å². The molecule has 39 heavy (non-hydrogen) atoms. The number of benzene rings is 1. The van der Waals surface area contributed by atoms with Gasteiger partial charge in [0.1, 0.15) is 5.82 Å². The number of aryl methyl sites for hydroxylation is 1. The molecule has 0 radical (unpaired) electrons. The number of halogens is 3. The molecular formula is C26H30F3N9O. The number of piperidine rings is 1. The molecule has 13 heteroatoms. The van der Waals surface area contributed by atoms with Crippen LogP contribution in [0.3, 0.4) is 0 Å². The Labute approximate surface area is 223 Å². The van der Waals surface area contributed by atoms with Gasteiger partial charge in [-0.05, 0) is 51.9 Å². The summed E-state index contributed by atoms with van der Waals surface area (Å²) in [5, 5.41) is 7.63. The number of imidazole rings is 1. The molecule has 2 aliphatic heterocycles. The Hall–Kier alpha value is -3.71. The first-order chi connectivity index (χ1) is 18.7. The van der Waals surface area contributed by atoms with Crippen molar-refractivity contribution in [1.82, 2.24) is 34.6 Å². The highest BCUT2D eigenvalue weighted by Gasteiger charge is 2.42. The normalized spacial score (nSPS) is 19.2. The lowest BCUT2D eigenvalue weighted by Crippen LogP contribution is -2.44. The molecule has 0 unspecified atom stereocenters. The maximum Gasteiger partial charge on any atom is 0.433 e. The van der Waals surface area contributed by atoms with Crippen LogP contribution in [-0.2, 0) is 10.9 Å². The summed E-state index contributed by atoms with van der Waals surface area (Å²) in [4.78, 5) is 15.9. The summed E-state index contributed by atoms with van der Waals surface area (Å²) in [5.74, 6) is 0.784. The van der Waals surface area contributed by atoms with Crippen molar-refractivity contribution in [1.29, 1.82) is 0 Å².